The third kappa shape index (κ3) is 3.28. The zero-order valence-corrected chi connectivity index (χ0v) is 14.5. The molecule has 1 aliphatic carbocycles. The van der Waals surface area contributed by atoms with Crippen LogP contribution in [0.2, 0.25) is 0 Å². The largest absolute Gasteiger partial charge is 0.374 e. The number of hydrogen-bond acceptors (Lipinski definition) is 8. The molecule has 3 atom stereocenters. The van der Waals surface area contributed by atoms with E-state index in [9.17, 15) is 8.78 Å². The predicted molar refractivity (Wildman–Crippen MR) is 92.9 cm³/mol. The molecule has 1 saturated carbocycles. The number of morpholine rings is 1. The highest BCUT2D eigenvalue weighted by Gasteiger charge is 2.40. The lowest BCUT2D eigenvalue weighted by Crippen LogP contribution is -2.40. The Bertz CT molecular complexity index is 800. The van der Waals surface area contributed by atoms with Gasteiger partial charge in [-0.25, -0.2) is 19.9 Å². The number of rotatable bonds is 5. The first kappa shape index (κ1) is 17.0. The Morgan fingerprint density at radius 1 is 1.30 bits per heavy atom. The lowest BCUT2D eigenvalue weighted by atomic mass is 10.1. The third-order valence-electron chi connectivity index (χ3n) is 5.26. The summed E-state index contributed by atoms with van der Waals surface area (Å²) in [5, 5.41) is 0.851. The van der Waals surface area contributed by atoms with Crippen molar-refractivity contribution in [2.45, 2.75) is 50.2 Å². The number of ether oxygens (including phenoxy) is 1. The quantitative estimate of drug-likeness (QED) is 0.830. The fourth-order valence-corrected chi connectivity index (χ4v) is 3.74. The van der Waals surface area contributed by atoms with Crippen molar-refractivity contribution in [1.82, 2.24) is 15.0 Å². The molecule has 4 heterocycles. The maximum Gasteiger partial charge on any atom is 0.365 e. The summed E-state index contributed by atoms with van der Waals surface area (Å²) < 4.78 is 30.9. The zero-order valence-electron chi connectivity index (χ0n) is 14.5. The van der Waals surface area contributed by atoms with E-state index in [1.165, 1.54) is 12.4 Å². The number of allylic oxidation sites excluding steroid dienone is 1. The van der Waals surface area contributed by atoms with Gasteiger partial charge in [0, 0.05) is 36.5 Å². The Morgan fingerprint density at radius 2 is 2.15 bits per heavy atom. The Morgan fingerprint density at radius 3 is 2.81 bits per heavy atom. The molecule has 1 aromatic heterocycles. The van der Waals surface area contributed by atoms with Crippen LogP contribution in [0.1, 0.15) is 36.7 Å². The first-order valence-corrected chi connectivity index (χ1v) is 9.08. The SMILES string of the molecule is NC1N=CC(c2cc(N3C[C@@H]4C[C@H]3CO4)nc(C3CC3)n2)=CN1OC(F)F. The highest BCUT2D eigenvalue weighted by Crippen LogP contribution is 2.40. The van der Waals surface area contributed by atoms with Gasteiger partial charge in [0.25, 0.3) is 0 Å². The Hall–Kier alpha value is -2.17. The van der Waals surface area contributed by atoms with E-state index in [0.29, 0.717) is 29.8 Å². The van der Waals surface area contributed by atoms with Crippen LogP contribution in [0, 0.1) is 0 Å². The summed E-state index contributed by atoms with van der Waals surface area (Å²) in [4.78, 5) is 20.1. The number of anilines is 1. The molecule has 3 fully saturated rings. The summed E-state index contributed by atoms with van der Waals surface area (Å²) in [5.74, 6) is 2.00. The van der Waals surface area contributed by atoms with Crippen LogP contribution in [0.5, 0.6) is 0 Å². The number of fused-ring (bicyclic) bond motifs is 2. The molecule has 8 nitrogen and oxygen atoms in total. The summed E-state index contributed by atoms with van der Waals surface area (Å²) >= 11 is 0. The average molecular weight is 378 g/mol. The number of nitrogens with zero attached hydrogens (tertiary/aromatic N) is 5. The van der Waals surface area contributed by atoms with Crippen LogP contribution in [-0.2, 0) is 9.57 Å². The van der Waals surface area contributed by atoms with E-state index in [0.717, 1.165) is 42.5 Å². The van der Waals surface area contributed by atoms with Gasteiger partial charge in [-0.15, -0.1) is 0 Å². The van der Waals surface area contributed by atoms with Gasteiger partial charge >= 0.3 is 6.61 Å². The van der Waals surface area contributed by atoms with Crippen molar-refractivity contribution in [3.8, 4) is 0 Å². The highest BCUT2D eigenvalue weighted by atomic mass is 19.3. The molecule has 0 aromatic carbocycles. The van der Waals surface area contributed by atoms with Gasteiger partial charge in [0.15, 0.2) is 6.29 Å². The summed E-state index contributed by atoms with van der Waals surface area (Å²) in [7, 11) is 0. The van der Waals surface area contributed by atoms with Crippen molar-refractivity contribution in [2.24, 2.45) is 10.7 Å². The average Bonchev–Trinajstić information content (AvgIpc) is 3.29. The second-order valence-corrected chi connectivity index (χ2v) is 7.24. The first-order chi connectivity index (χ1) is 13.1. The zero-order chi connectivity index (χ0) is 18.5. The van der Waals surface area contributed by atoms with Gasteiger partial charge in [-0.05, 0) is 19.3 Å². The third-order valence-corrected chi connectivity index (χ3v) is 5.26. The van der Waals surface area contributed by atoms with Gasteiger partial charge < -0.3 is 9.64 Å². The van der Waals surface area contributed by atoms with E-state index >= 15 is 0 Å². The maximum absolute atomic E-state index is 12.6. The molecular formula is C17H20F2N6O2. The Kier molecular flexibility index (Phi) is 4.06. The van der Waals surface area contributed by atoms with Crippen molar-refractivity contribution in [1.29, 1.82) is 0 Å². The second-order valence-electron chi connectivity index (χ2n) is 7.24. The monoisotopic (exact) mass is 378 g/mol. The van der Waals surface area contributed by atoms with Crippen molar-refractivity contribution in [3.63, 3.8) is 0 Å². The fraction of sp³-hybridized carbons (Fsp3) is 0.588. The normalized spacial score (nSPS) is 29.8. The van der Waals surface area contributed by atoms with Gasteiger partial charge in [0.1, 0.15) is 11.6 Å². The van der Waals surface area contributed by atoms with Crippen molar-refractivity contribution < 1.29 is 18.4 Å². The van der Waals surface area contributed by atoms with Crippen molar-refractivity contribution >= 4 is 17.6 Å². The predicted octanol–water partition coefficient (Wildman–Crippen LogP) is 1.46. The van der Waals surface area contributed by atoms with Crippen molar-refractivity contribution in [2.75, 3.05) is 18.1 Å². The highest BCUT2D eigenvalue weighted by molar-refractivity contribution is 6.09. The van der Waals surface area contributed by atoms with E-state index in [4.69, 9.17) is 15.5 Å². The van der Waals surface area contributed by atoms with Crippen LogP contribution in [0.3, 0.4) is 0 Å². The number of hydrogen-bond donors (Lipinski definition) is 1. The first-order valence-electron chi connectivity index (χ1n) is 9.08. The smallest absolute Gasteiger partial charge is 0.365 e. The number of aromatic nitrogens is 2. The number of alkyl halides is 2. The molecule has 4 aliphatic rings. The number of halogens is 2. The van der Waals surface area contributed by atoms with Gasteiger partial charge in [-0.1, -0.05) is 0 Å². The van der Waals surface area contributed by atoms with Crippen molar-refractivity contribution in [3.05, 3.63) is 23.8 Å². The molecule has 1 aromatic rings. The molecule has 5 rings (SSSR count). The van der Waals surface area contributed by atoms with Gasteiger partial charge in [-0.2, -0.15) is 8.78 Å². The number of aliphatic imine (C=N–C) groups is 1. The van der Waals surface area contributed by atoms with Crippen LogP contribution in [-0.4, -0.2) is 59.4 Å². The molecule has 2 N–H and O–H groups in total. The molecule has 3 aliphatic heterocycles. The van der Waals surface area contributed by atoms with Crippen LogP contribution in [0.15, 0.2) is 17.3 Å². The standard InChI is InChI=1S/C17H20F2N6O2/c18-16(19)27-25-6-10(5-21-17(25)20)13-4-14(23-15(22-13)9-1-2-9)24-7-12-3-11(24)8-26-12/h4-6,9,11-12,16-17H,1-3,7-8,20H2/t11-,12-,17?/m0/s1. The van der Waals surface area contributed by atoms with Gasteiger partial charge in [-0.3, -0.25) is 10.7 Å². The molecule has 2 saturated heterocycles. The van der Waals surface area contributed by atoms with E-state index in [1.54, 1.807) is 0 Å². The molecule has 0 spiro atoms. The minimum absolute atomic E-state index is 0.251. The maximum atomic E-state index is 12.6. The van der Waals surface area contributed by atoms with E-state index in [1.807, 2.05) is 6.07 Å². The fourth-order valence-electron chi connectivity index (χ4n) is 3.74. The van der Waals surface area contributed by atoms with Gasteiger partial charge in [0.05, 0.1) is 24.4 Å². The molecule has 1 unspecified atom stereocenters. The summed E-state index contributed by atoms with van der Waals surface area (Å²) in [6, 6.07) is 2.20. The number of nitrogens with two attached hydrogens (primary N) is 1. The lowest BCUT2D eigenvalue weighted by molar-refractivity contribution is -0.274. The summed E-state index contributed by atoms with van der Waals surface area (Å²) in [6.07, 6.45) is 5.32. The lowest BCUT2D eigenvalue weighted by Gasteiger charge is -2.29. The van der Waals surface area contributed by atoms with Crippen LogP contribution < -0.4 is 10.6 Å². The summed E-state index contributed by atoms with van der Waals surface area (Å²) in [5.41, 5.74) is 6.88. The van der Waals surface area contributed by atoms with Crippen LogP contribution >= 0.6 is 0 Å². The minimum atomic E-state index is -2.98. The van der Waals surface area contributed by atoms with Gasteiger partial charge in [0.2, 0.25) is 0 Å². The van der Waals surface area contributed by atoms with E-state index in [-0.39, 0.29) is 6.10 Å². The topological polar surface area (TPSA) is 89.1 Å². The van der Waals surface area contributed by atoms with E-state index < -0.39 is 12.9 Å². The molecule has 144 valence electrons. The molecule has 0 amide bonds. The van der Waals surface area contributed by atoms with Crippen LogP contribution in [0.25, 0.3) is 5.57 Å². The summed E-state index contributed by atoms with van der Waals surface area (Å²) in [6.45, 7) is -1.47. The molecule has 10 heteroatoms. The molecule has 0 radical (unpaired) electrons. The molecular weight excluding hydrogens is 358 g/mol. The molecule has 2 bridgehead atoms. The second kappa shape index (κ2) is 6.47. The molecule has 27 heavy (non-hydrogen) atoms. The number of hydroxylamine groups is 2. The Balaban J connectivity index is 1.49. The Labute approximate surface area is 154 Å². The van der Waals surface area contributed by atoms with E-state index in [2.05, 4.69) is 19.7 Å². The van der Waals surface area contributed by atoms with Crippen LogP contribution in [0.4, 0.5) is 14.6 Å². The minimum Gasteiger partial charge on any atom is -0.374 e.